The number of carboxylic acid groups (broad SMARTS) is 1. The Balaban J connectivity index is 1.87. The maximum Gasteiger partial charge on any atom is 0.408 e. The van der Waals surface area contributed by atoms with Crippen LogP contribution in [0.15, 0.2) is 30.3 Å². The molecule has 1 fully saturated rings. The summed E-state index contributed by atoms with van der Waals surface area (Å²) < 4.78 is 11.0. The molecular weight excluding hydrogens is 322 g/mol. The number of nitrogens with one attached hydrogen (secondary N) is 1. The Morgan fingerprint density at radius 3 is 2.28 bits per heavy atom. The monoisotopic (exact) mass is 349 g/mol. The highest BCUT2D eigenvalue weighted by atomic mass is 16.6. The van der Waals surface area contributed by atoms with Crippen LogP contribution in [-0.4, -0.2) is 34.4 Å². The number of carboxylic acids is 1. The van der Waals surface area contributed by atoms with Crippen LogP contribution in [0.2, 0.25) is 0 Å². The minimum absolute atomic E-state index is 0.00400. The lowest BCUT2D eigenvalue weighted by atomic mass is 9.69. The van der Waals surface area contributed by atoms with Gasteiger partial charge in [0.05, 0.1) is 12.7 Å². The lowest BCUT2D eigenvalue weighted by Crippen LogP contribution is -2.61. The smallest absolute Gasteiger partial charge is 0.408 e. The number of hydrogen-bond acceptors (Lipinski definition) is 4. The van der Waals surface area contributed by atoms with E-state index in [1.807, 2.05) is 30.3 Å². The van der Waals surface area contributed by atoms with Gasteiger partial charge in [0.1, 0.15) is 11.1 Å². The van der Waals surface area contributed by atoms with Crippen molar-refractivity contribution in [3.8, 4) is 0 Å². The summed E-state index contributed by atoms with van der Waals surface area (Å²) in [7, 11) is 0. The molecule has 1 amide bonds. The SMILES string of the molecule is CC(C)(C)OC(=O)NC(C)(C(=O)O)C1CC(OCc2ccccc2)C1. The third-order valence-electron chi connectivity index (χ3n) is 4.44. The first-order chi connectivity index (χ1) is 11.6. The summed E-state index contributed by atoms with van der Waals surface area (Å²) in [4.78, 5) is 23.7. The molecule has 0 radical (unpaired) electrons. The van der Waals surface area contributed by atoms with E-state index in [1.54, 1.807) is 20.8 Å². The summed E-state index contributed by atoms with van der Waals surface area (Å²) in [6, 6.07) is 9.83. The van der Waals surface area contributed by atoms with Crippen molar-refractivity contribution < 1.29 is 24.2 Å². The number of carbonyl (C=O) groups is 2. The van der Waals surface area contributed by atoms with Crippen molar-refractivity contribution in [1.82, 2.24) is 5.32 Å². The van der Waals surface area contributed by atoms with Crippen molar-refractivity contribution >= 4 is 12.1 Å². The van der Waals surface area contributed by atoms with Gasteiger partial charge in [-0.25, -0.2) is 9.59 Å². The normalized spacial score (nSPS) is 22.4. The van der Waals surface area contributed by atoms with Crippen LogP contribution >= 0.6 is 0 Å². The topological polar surface area (TPSA) is 84.9 Å². The summed E-state index contributed by atoms with van der Waals surface area (Å²) in [6.07, 6.45) is 0.465. The van der Waals surface area contributed by atoms with E-state index in [0.717, 1.165) is 5.56 Å². The number of ether oxygens (including phenoxy) is 2. The second-order valence-electron chi connectivity index (χ2n) is 7.72. The largest absolute Gasteiger partial charge is 0.480 e. The minimum Gasteiger partial charge on any atom is -0.480 e. The highest BCUT2D eigenvalue weighted by Crippen LogP contribution is 2.39. The van der Waals surface area contributed by atoms with Crippen LogP contribution in [0.25, 0.3) is 0 Å². The molecule has 0 heterocycles. The fourth-order valence-electron chi connectivity index (χ4n) is 2.81. The van der Waals surface area contributed by atoms with Crippen LogP contribution < -0.4 is 5.32 Å². The first-order valence-electron chi connectivity index (χ1n) is 8.50. The van der Waals surface area contributed by atoms with Crippen LogP contribution in [0, 0.1) is 5.92 Å². The highest BCUT2D eigenvalue weighted by Gasteiger charge is 2.50. The molecule has 2 rings (SSSR count). The molecule has 1 aromatic carbocycles. The molecule has 6 heteroatoms. The van der Waals surface area contributed by atoms with E-state index in [2.05, 4.69) is 5.32 Å². The van der Waals surface area contributed by atoms with E-state index in [1.165, 1.54) is 6.92 Å². The van der Waals surface area contributed by atoms with Crippen LogP contribution in [0.3, 0.4) is 0 Å². The Labute approximate surface area is 148 Å². The molecule has 1 aromatic rings. The Bertz CT molecular complexity index is 604. The van der Waals surface area contributed by atoms with Crippen LogP contribution in [-0.2, 0) is 20.9 Å². The van der Waals surface area contributed by atoms with Crippen molar-refractivity contribution in [3.05, 3.63) is 35.9 Å². The van der Waals surface area contributed by atoms with E-state index in [9.17, 15) is 14.7 Å². The van der Waals surface area contributed by atoms with Crippen LogP contribution in [0.1, 0.15) is 46.1 Å². The van der Waals surface area contributed by atoms with E-state index in [4.69, 9.17) is 9.47 Å². The molecule has 0 spiro atoms. The van der Waals surface area contributed by atoms with Gasteiger partial charge in [-0.1, -0.05) is 30.3 Å². The number of alkyl carbamates (subject to hydrolysis) is 1. The summed E-state index contributed by atoms with van der Waals surface area (Å²) >= 11 is 0. The zero-order valence-corrected chi connectivity index (χ0v) is 15.2. The van der Waals surface area contributed by atoms with Gasteiger partial charge in [0.2, 0.25) is 0 Å². The maximum atomic E-state index is 12.0. The van der Waals surface area contributed by atoms with E-state index in [0.29, 0.717) is 19.4 Å². The second kappa shape index (κ2) is 7.44. The van der Waals surface area contributed by atoms with E-state index in [-0.39, 0.29) is 12.0 Å². The molecule has 1 atom stereocenters. The van der Waals surface area contributed by atoms with Gasteiger partial charge in [-0.05, 0) is 52.0 Å². The van der Waals surface area contributed by atoms with Crippen molar-refractivity contribution in [2.75, 3.05) is 0 Å². The predicted octanol–water partition coefficient (Wildman–Crippen LogP) is 3.35. The Kier molecular flexibility index (Phi) is 5.72. The Morgan fingerprint density at radius 1 is 1.16 bits per heavy atom. The van der Waals surface area contributed by atoms with Gasteiger partial charge in [-0.15, -0.1) is 0 Å². The van der Waals surface area contributed by atoms with Gasteiger partial charge in [-0.2, -0.15) is 0 Å². The quantitative estimate of drug-likeness (QED) is 0.823. The molecule has 1 saturated carbocycles. The lowest BCUT2D eigenvalue weighted by molar-refractivity contribution is -0.152. The summed E-state index contributed by atoms with van der Waals surface area (Å²) in [6.45, 7) is 7.24. The molecule has 0 saturated heterocycles. The Hall–Kier alpha value is -2.08. The summed E-state index contributed by atoms with van der Waals surface area (Å²) in [5, 5.41) is 12.1. The van der Waals surface area contributed by atoms with Crippen molar-refractivity contribution in [2.45, 2.75) is 64.4 Å². The molecule has 0 aliphatic heterocycles. The number of amides is 1. The maximum absolute atomic E-state index is 12.0. The predicted molar refractivity (Wildman–Crippen MR) is 93.2 cm³/mol. The molecule has 1 aliphatic carbocycles. The average molecular weight is 349 g/mol. The van der Waals surface area contributed by atoms with Gasteiger partial charge in [0, 0.05) is 0 Å². The first kappa shape index (κ1) is 19.2. The molecule has 138 valence electrons. The first-order valence-corrected chi connectivity index (χ1v) is 8.50. The van der Waals surface area contributed by atoms with E-state index < -0.39 is 23.2 Å². The standard InChI is InChI=1S/C19H27NO5/c1-18(2,3)25-17(23)20-19(4,16(21)22)14-10-15(11-14)24-12-13-8-6-5-7-9-13/h5-9,14-15H,10-12H2,1-4H3,(H,20,23)(H,21,22). The molecule has 1 aliphatic rings. The van der Waals surface area contributed by atoms with Gasteiger partial charge in [0.25, 0.3) is 0 Å². The fourth-order valence-corrected chi connectivity index (χ4v) is 2.81. The van der Waals surface area contributed by atoms with Gasteiger partial charge in [-0.3, -0.25) is 0 Å². The number of aliphatic carboxylic acids is 1. The van der Waals surface area contributed by atoms with Gasteiger partial charge >= 0.3 is 12.1 Å². The molecule has 6 nitrogen and oxygen atoms in total. The molecule has 0 bridgehead atoms. The zero-order chi connectivity index (χ0) is 18.7. The molecular formula is C19H27NO5. The van der Waals surface area contributed by atoms with Crippen LogP contribution in [0.5, 0.6) is 0 Å². The van der Waals surface area contributed by atoms with Crippen molar-refractivity contribution in [1.29, 1.82) is 0 Å². The number of rotatable bonds is 6. The summed E-state index contributed by atoms with van der Waals surface area (Å²) in [5.74, 6) is -1.26. The number of carbonyl (C=O) groups excluding carboxylic acids is 1. The second-order valence-corrected chi connectivity index (χ2v) is 7.72. The van der Waals surface area contributed by atoms with Crippen LogP contribution in [0.4, 0.5) is 4.79 Å². The van der Waals surface area contributed by atoms with E-state index >= 15 is 0 Å². The number of benzene rings is 1. The summed E-state index contributed by atoms with van der Waals surface area (Å²) in [5.41, 5.74) is -0.960. The highest BCUT2D eigenvalue weighted by molar-refractivity contribution is 5.84. The molecule has 0 aromatic heterocycles. The number of hydrogen-bond donors (Lipinski definition) is 2. The fraction of sp³-hybridized carbons (Fsp3) is 0.579. The molecule has 25 heavy (non-hydrogen) atoms. The zero-order valence-electron chi connectivity index (χ0n) is 15.2. The van der Waals surface area contributed by atoms with Gasteiger partial charge < -0.3 is 19.9 Å². The van der Waals surface area contributed by atoms with Crippen molar-refractivity contribution in [2.24, 2.45) is 5.92 Å². The average Bonchev–Trinajstić information content (AvgIpc) is 2.44. The molecule has 1 unspecified atom stereocenters. The van der Waals surface area contributed by atoms with Gasteiger partial charge in [0.15, 0.2) is 0 Å². The third-order valence-corrected chi connectivity index (χ3v) is 4.44. The lowest BCUT2D eigenvalue weighted by Gasteiger charge is -2.44. The van der Waals surface area contributed by atoms with Crippen molar-refractivity contribution in [3.63, 3.8) is 0 Å². The minimum atomic E-state index is -1.37. The Morgan fingerprint density at radius 2 is 1.76 bits per heavy atom. The molecule has 2 N–H and O–H groups in total. The third kappa shape index (κ3) is 5.19.